The largest absolute Gasteiger partial charge is 0.355 e. The highest BCUT2D eigenvalue weighted by molar-refractivity contribution is 4.80. The first-order valence-electron chi connectivity index (χ1n) is 4.34. The highest BCUT2D eigenvalue weighted by Crippen LogP contribution is 2.32. The van der Waals surface area contributed by atoms with Crippen LogP contribution in [0.2, 0.25) is 0 Å². The molecule has 0 spiro atoms. The Labute approximate surface area is 68.9 Å². The van der Waals surface area contributed by atoms with Crippen molar-refractivity contribution in [2.45, 2.75) is 27.2 Å². The molecule has 0 aromatic carbocycles. The third-order valence-corrected chi connectivity index (χ3v) is 2.83. The predicted molar refractivity (Wildman–Crippen MR) is 44.3 cm³/mol. The molecular weight excluding hydrogens is 140 g/mol. The van der Waals surface area contributed by atoms with Crippen LogP contribution in [0, 0.1) is 11.3 Å². The molecule has 1 unspecified atom stereocenters. The predicted octanol–water partition coefficient (Wildman–Crippen LogP) is 2.04. The zero-order chi connectivity index (χ0) is 8.32. The maximum Gasteiger partial charge on any atom is 0.146 e. The highest BCUT2D eigenvalue weighted by Gasteiger charge is 2.33. The topological polar surface area (TPSA) is 18.5 Å². The molecule has 0 bridgehead atoms. The van der Waals surface area contributed by atoms with E-state index in [-0.39, 0.29) is 5.41 Å². The zero-order valence-corrected chi connectivity index (χ0v) is 7.72. The van der Waals surface area contributed by atoms with Crippen molar-refractivity contribution in [1.82, 2.24) is 0 Å². The average Bonchev–Trinajstić information content (AvgIpc) is 2.04. The Bertz CT molecular complexity index is 117. The maximum absolute atomic E-state index is 5.29. The highest BCUT2D eigenvalue weighted by atomic mass is 16.7. The van der Waals surface area contributed by atoms with Gasteiger partial charge >= 0.3 is 0 Å². The molecule has 1 aliphatic rings. The van der Waals surface area contributed by atoms with Crippen molar-refractivity contribution in [3.8, 4) is 0 Å². The third kappa shape index (κ3) is 1.94. The minimum Gasteiger partial charge on any atom is -0.355 e. The minimum atomic E-state index is 0.243. The summed E-state index contributed by atoms with van der Waals surface area (Å²) in [6.45, 7) is 8.89. The molecule has 1 heterocycles. The first kappa shape index (κ1) is 9.01. The normalized spacial score (nSPS) is 26.5. The van der Waals surface area contributed by atoms with Crippen molar-refractivity contribution in [2.24, 2.45) is 11.3 Å². The van der Waals surface area contributed by atoms with Gasteiger partial charge in [0, 0.05) is 5.41 Å². The van der Waals surface area contributed by atoms with Gasteiger partial charge in [-0.2, -0.15) is 0 Å². The van der Waals surface area contributed by atoms with Crippen molar-refractivity contribution in [3.05, 3.63) is 0 Å². The van der Waals surface area contributed by atoms with E-state index in [0.717, 1.165) is 13.2 Å². The summed E-state index contributed by atoms with van der Waals surface area (Å²) in [4.78, 5) is 0. The Morgan fingerprint density at radius 3 is 2.36 bits per heavy atom. The van der Waals surface area contributed by atoms with Crippen molar-refractivity contribution in [3.63, 3.8) is 0 Å². The molecule has 0 radical (unpaired) electrons. The summed E-state index contributed by atoms with van der Waals surface area (Å²) in [6, 6.07) is 0. The number of ether oxygens (including phenoxy) is 2. The zero-order valence-electron chi connectivity index (χ0n) is 7.72. The summed E-state index contributed by atoms with van der Waals surface area (Å²) in [7, 11) is 0. The van der Waals surface area contributed by atoms with E-state index in [1.54, 1.807) is 0 Å². The summed E-state index contributed by atoms with van der Waals surface area (Å²) in [5.74, 6) is 0.683. The van der Waals surface area contributed by atoms with E-state index >= 15 is 0 Å². The van der Waals surface area contributed by atoms with Crippen LogP contribution >= 0.6 is 0 Å². The fourth-order valence-electron chi connectivity index (χ4n) is 1.43. The molecule has 0 amide bonds. The quantitative estimate of drug-likeness (QED) is 0.612. The van der Waals surface area contributed by atoms with E-state index in [2.05, 4.69) is 20.8 Å². The average molecular weight is 158 g/mol. The Hall–Kier alpha value is -0.0800. The molecule has 2 nitrogen and oxygen atoms in total. The van der Waals surface area contributed by atoms with Crippen LogP contribution in [0.5, 0.6) is 0 Å². The van der Waals surface area contributed by atoms with Crippen molar-refractivity contribution in [2.75, 3.05) is 20.0 Å². The van der Waals surface area contributed by atoms with Gasteiger partial charge in [-0.05, 0) is 5.92 Å². The molecule has 0 N–H and O–H groups in total. The standard InChI is InChI=1S/C9H18O2/c1-4-8(2)9(3)5-10-7-11-6-9/h8H,4-7H2,1-3H3. The van der Waals surface area contributed by atoms with Gasteiger partial charge < -0.3 is 9.47 Å². The van der Waals surface area contributed by atoms with Crippen LogP contribution in [0.4, 0.5) is 0 Å². The van der Waals surface area contributed by atoms with Crippen LogP contribution in [0.25, 0.3) is 0 Å². The third-order valence-electron chi connectivity index (χ3n) is 2.83. The van der Waals surface area contributed by atoms with Crippen LogP contribution in [0.1, 0.15) is 27.2 Å². The molecule has 1 fully saturated rings. The van der Waals surface area contributed by atoms with Gasteiger partial charge in [-0.25, -0.2) is 0 Å². The lowest BCUT2D eigenvalue weighted by molar-refractivity contribution is -0.173. The van der Waals surface area contributed by atoms with E-state index in [1.807, 2.05) is 0 Å². The Morgan fingerprint density at radius 1 is 1.36 bits per heavy atom. The van der Waals surface area contributed by atoms with Gasteiger partial charge in [-0.15, -0.1) is 0 Å². The molecule has 1 saturated heterocycles. The molecule has 11 heavy (non-hydrogen) atoms. The molecule has 1 aliphatic heterocycles. The molecule has 0 aromatic heterocycles. The summed E-state index contributed by atoms with van der Waals surface area (Å²) in [5, 5.41) is 0. The lowest BCUT2D eigenvalue weighted by atomic mass is 9.78. The fourth-order valence-corrected chi connectivity index (χ4v) is 1.43. The second-order valence-corrected chi connectivity index (χ2v) is 3.78. The first-order chi connectivity index (χ1) is 5.19. The number of rotatable bonds is 2. The van der Waals surface area contributed by atoms with Crippen LogP contribution in [-0.2, 0) is 9.47 Å². The number of hydrogen-bond donors (Lipinski definition) is 0. The van der Waals surface area contributed by atoms with Gasteiger partial charge in [0.05, 0.1) is 13.2 Å². The van der Waals surface area contributed by atoms with Gasteiger partial charge in [-0.3, -0.25) is 0 Å². The Balaban J connectivity index is 2.49. The first-order valence-corrected chi connectivity index (χ1v) is 4.34. The van der Waals surface area contributed by atoms with Crippen LogP contribution in [0.15, 0.2) is 0 Å². The second-order valence-electron chi connectivity index (χ2n) is 3.78. The molecule has 1 rings (SSSR count). The lowest BCUT2D eigenvalue weighted by Crippen LogP contribution is -2.39. The van der Waals surface area contributed by atoms with E-state index in [9.17, 15) is 0 Å². The fraction of sp³-hybridized carbons (Fsp3) is 1.00. The van der Waals surface area contributed by atoms with Crippen LogP contribution in [0.3, 0.4) is 0 Å². The Morgan fingerprint density at radius 2 is 1.91 bits per heavy atom. The molecule has 66 valence electrons. The SMILES string of the molecule is CCC(C)C1(C)COCOC1. The van der Waals surface area contributed by atoms with E-state index in [4.69, 9.17) is 9.47 Å². The molecule has 0 aliphatic carbocycles. The monoisotopic (exact) mass is 158 g/mol. The van der Waals surface area contributed by atoms with Gasteiger partial charge in [-0.1, -0.05) is 27.2 Å². The van der Waals surface area contributed by atoms with E-state index in [0.29, 0.717) is 12.7 Å². The molecular formula is C9H18O2. The van der Waals surface area contributed by atoms with E-state index < -0.39 is 0 Å². The lowest BCUT2D eigenvalue weighted by Gasteiger charge is -2.37. The number of hydrogen-bond acceptors (Lipinski definition) is 2. The smallest absolute Gasteiger partial charge is 0.146 e. The maximum atomic E-state index is 5.29. The Kier molecular flexibility index (Phi) is 2.90. The van der Waals surface area contributed by atoms with Crippen LogP contribution in [-0.4, -0.2) is 20.0 Å². The molecule has 0 saturated carbocycles. The van der Waals surface area contributed by atoms with E-state index in [1.165, 1.54) is 6.42 Å². The summed E-state index contributed by atoms with van der Waals surface area (Å²) in [6.07, 6.45) is 1.20. The van der Waals surface area contributed by atoms with Gasteiger partial charge in [0.1, 0.15) is 6.79 Å². The van der Waals surface area contributed by atoms with Crippen molar-refractivity contribution >= 4 is 0 Å². The van der Waals surface area contributed by atoms with Gasteiger partial charge in [0.2, 0.25) is 0 Å². The van der Waals surface area contributed by atoms with Gasteiger partial charge in [0.15, 0.2) is 0 Å². The van der Waals surface area contributed by atoms with Crippen LogP contribution < -0.4 is 0 Å². The molecule has 0 aromatic rings. The minimum absolute atomic E-state index is 0.243. The summed E-state index contributed by atoms with van der Waals surface area (Å²) >= 11 is 0. The van der Waals surface area contributed by atoms with Crippen molar-refractivity contribution < 1.29 is 9.47 Å². The second kappa shape index (κ2) is 3.55. The molecule has 1 atom stereocenters. The summed E-state index contributed by atoms with van der Waals surface area (Å²) < 4.78 is 10.6. The van der Waals surface area contributed by atoms with Gasteiger partial charge in [0.25, 0.3) is 0 Å². The molecule has 2 heteroatoms. The summed E-state index contributed by atoms with van der Waals surface area (Å²) in [5.41, 5.74) is 0.243. The van der Waals surface area contributed by atoms with Crippen molar-refractivity contribution in [1.29, 1.82) is 0 Å².